The molecular weight excluding hydrogens is 310 g/mol. The summed E-state index contributed by atoms with van der Waals surface area (Å²) in [5, 5.41) is 15.4. The van der Waals surface area contributed by atoms with Gasteiger partial charge >= 0.3 is 0 Å². The van der Waals surface area contributed by atoms with Crippen molar-refractivity contribution in [1.29, 1.82) is 0 Å². The maximum atomic E-state index is 5.93. The maximum Gasteiger partial charge on any atom is 0.178 e. The quantitative estimate of drug-likeness (QED) is 0.740. The lowest BCUT2D eigenvalue weighted by molar-refractivity contribution is 0.0418. The fourth-order valence-corrected chi connectivity index (χ4v) is 3.83. The molecule has 7 heteroatoms. The Kier molecular flexibility index (Phi) is 3.09. The molecule has 1 saturated heterocycles. The van der Waals surface area contributed by atoms with Crippen molar-refractivity contribution in [2.75, 3.05) is 24.6 Å². The summed E-state index contributed by atoms with van der Waals surface area (Å²) in [7, 11) is 0. The molecule has 0 spiro atoms. The van der Waals surface area contributed by atoms with E-state index in [2.05, 4.69) is 32.6 Å². The van der Waals surface area contributed by atoms with Crippen LogP contribution in [0.3, 0.4) is 0 Å². The zero-order chi connectivity index (χ0) is 15.2. The molecule has 1 atom stereocenters. The Balaban J connectivity index is 1.46. The van der Waals surface area contributed by atoms with E-state index in [0.717, 1.165) is 37.0 Å². The zero-order valence-corrected chi connectivity index (χ0v) is 13.4. The van der Waals surface area contributed by atoms with E-state index in [1.807, 2.05) is 16.6 Å². The Hall–Kier alpha value is -1.99. The first-order valence-electron chi connectivity index (χ1n) is 8.01. The van der Waals surface area contributed by atoms with Gasteiger partial charge in [-0.3, -0.25) is 0 Å². The molecule has 4 heterocycles. The van der Waals surface area contributed by atoms with Gasteiger partial charge in [-0.2, -0.15) is 4.52 Å². The summed E-state index contributed by atoms with van der Waals surface area (Å²) < 4.78 is 7.85. The summed E-state index contributed by atoms with van der Waals surface area (Å²) >= 11 is 1.75. The Morgan fingerprint density at radius 2 is 2.13 bits per heavy atom. The van der Waals surface area contributed by atoms with E-state index in [1.165, 1.54) is 17.7 Å². The van der Waals surface area contributed by atoms with Crippen LogP contribution in [0.1, 0.15) is 35.6 Å². The van der Waals surface area contributed by atoms with Gasteiger partial charge in [0.25, 0.3) is 0 Å². The number of thiophene rings is 1. The van der Waals surface area contributed by atoms with Crippen molar-refractivity contribution in [3.8, 4) is 0 Å². The highest BCUT2D eigenvalue weighted by Gasteiger charge is 2.30. The van der Waals surface area contributed by atoms with Crippen molar-refractivity contribution in [2.24, 2.45) is 0 Å². The second-order valence-corrected chi connectivity index (χ2v) is 7.09. The van der Waals surface area contributed by atoms with Gasteiger partial charge in [-0.15, -0.1) is 26.6 Å². The normalized spacial score (nSPS) is 21.9. The molecule has 0 aromatic carbocycles. The van der Waals surface area contributed by atoms with E-state index in [0.29, 0.717) is 5.92 Å². The second kappa shape index (κ2) is 5.28. The Bertz CT molecular complexity index is 826. The average Bonchev–Trinajstić information content (AvgIpc) is 3.14. The van der Waals surface area contributed by atoms with E-state index >= 15 is 0 Å². The summed E-state index contributed by atoms with van der Waals surface area (Å²) in [6, 6.07) is 8.26. The summed E-state index contributed by atoms with van der Waals surface area (Å²) in [5.41, 5.74) is 0.832. The van der Waals surface area contributed by atoms with Gasteiger partial charge in [-0.25, -0.2) is 0 Å². The largest absolute Gasteiger partial charge is 0.369 e. The molecule has 2 aliphatic rings. The number of hydrogen-bond acceptors (Lipinski definition) is 6. The molecule has 0 amide bonds. The maximum absolute atomic E-state index is 5.93. The molecule has 6 nitrogen and oxygen atoms in total. The smallest absolute Gasteiger partial charge is 0.178 e. The molecule has 0 N–H and O–H groups in total. The summed E-state index contributed by atoms with van der Waals surface area (Å²) in [4.78, 5) is 3.57. The van der Waals surface area contributed by atoms with Crippen LogP contribution in [-0.4, -0.2) is 39.5 Å². The zero-order valence-electron chi connectivity index (χ0n) is 12.6. The van der Waals surface area contributed by atoms with Crippen LogP contribution in [0.4, 0.5) is 5.82 Å². The fourth-order valence-electron chi connectivity index (χ4n) is 3.06. The lowest BCUT2D eigenvalue weighted by Crippen LogP contribution is -2.38. The Labute approximate surface area is 137 Å². The van der Waals surface area contributed by atoms with Crippen molar-refractivity contribution in [3.63, 3.8) is 0 Å². The molecule has 3 aromatic heterocycles. The third-order valence-electron chi connectivity index (χ3n) is 4.47. The van der Waals surface area contributed by atoms with E-state index < -0.39 is 0 Å². The first-order valence-corrected chi connectivity index (χ1v) is 8.89. The van der Waals surface area contributed by atoms with Gasteiger partial charge < -0.3 is 9.64 Å². The lowest BCUT2D eigenvalue weighted by Gasteiger charge is -2.33. The number of fused-ring (bicyclic) bond motifs is 1. The van der Waals surface area contributed by atoms with Crippen LogP contribution in [0.2, 0.25) is 0 Å². The fraction of sp³-hybridized carbons (Fsp3) is 0.438. The van der Waals surface area contributed by atoms with Crippen LogP contribution in [0, 0.1) is 0 Å². The summed E-state index contributed by atoms with van der Waals surface area (Å²) in [6.07, 6.45) is 2.53. The number of rotatable bonds is 3. The van der Waals surface area contributed by atoms with Gasteiger partial charge in [0, 0.05) is 17.3 Å². The molecule has 0 bridgehead atoms. The van der Waals surface area contributed by atoms with Gasteiger partial charge in [-0.05, 0) is 36.4 Å². The van der Waals surface area contributed by atoms with Crippen LogP contribution in [0.5, 0.6) is 0 Å². The van der Waals surface area contributed by atoms with E-state index in [-0.39, 0.29) is 6.10 Å². The Morgan fingerprint density at radius 1 is 1.17 bits per heavy atom. The van der Waals surface area contributed by atoms with Crippen LogP contribution >= 0.6 is 11.3 Å². The minimum absolute atomic E-state index is 0.130. The molecule has 0 radical (unpaired) electrons. The highest BCUT2D eigenvalue weighted by Crippen LogP contribution is 2.39. The van der Waals surface area contributed by atoms with Crippen molar-refractivity contribution in [1.82, 2.24) is 19.8 Å². The molecule has 1 aliphatic carbocycles. The standard InChI is InChI=1S/C16H17N5OS/c1-2-13(23-9-1)12-10-20(7-8-22-12)15-6-5-14-17-18-16(11-3-4-11)21(14)19-15/h1-2,5-6,9,11-12H,3-4,7-8,10H2. The molecule has 118 valence electrons. The molecular formula is C16H17N5OS. The van der Waals surface area contributed by atoms with Crippen molar-refractivity contribution < 1.29 is 4.74 Å². The monoisotopic (exact) mass is 327 g/mol. The highest BCUT2D eigenvalue weighted by atomic mass is 32.1. The predicted octanol–water partition coefficient (Wildman–Crippen LogP) is 2.64. The first kappa shape index (κ1) is 13.4. The van der Waals surface area contributed by atoms with Crippen LogP contribution in [0.15, 0.2) is 29.6 Å². The lowest BCUT2D eigenvalue weighted by atomic mass is 10.2. The topological polar surface area (TPSA) is 55.6 Å². The summed E-state index contributed by atoms with van der Waals surface area (Å²) in [5.74, 6) is 2.52. The first-order chi connectivity index (χ1) is 11.4. The van der Waals surface area contributed by atoms with E-state index in [1.54, 1.807) is 11.3 Å². The predicted molar refractivity (Wildman–Crippen MR) is 88.0 cm³/mol. The SMILES string of the molecule is c1csc(C2CN(c3ccc4nnc(C5CC5)n4n3)CCO2)c1. The average molecular weight is 327 g/mol. The minimum atomic E-state index is 0.130. The number of hydrogen-bond donors (Lipinski definition) is 0. The van der Waals surface area contributed by atoms with E-state index in [4.69, 9.17) is 9.84 Å². The van der Waals surface area contributed by atoms with Gasteiger partial charge in [0.1, 0.15) is 11.9 Å². The van der Waals surface area contributed by atoms with Crippen LogP contribution in [0.25, 0.3) is 5.65 Å². The molecule has 3 aromatic rings. The third-order valence-corrected chi connectivity index (χ3v) is 5.43. The van der Waals surface area contributed by atoms with Gasteiger partial charge in [0.2, 0.25) is 0 Å². The molecule has 1 saturated carbocycles. The third kappa shape index (κ3) is 2.40. The minimum Gasteiger partial charge on any atom is -0.369 e. The van der Waals surface area contributed by atoms with Crippen molar-refractivity contribution >= 4 is 22.8 Å². The second-order valence-electron chi connectivity index (χ2n) is 6.11. The van der Waals surface area contributed by atoms with Crippen LogP contribution < -0.4 is 4.90 Å². The Morgan fingerprint density at radius 3 is 2.96 bits per heavy atom. The van der Waals surface area contributed by atoms with Crippen LogP contribution in [-0.2, 0) is 4.74 Å². The molecule has 5 rings (SSSR count). The number of aromatic nitrogens is 4. The van der Waals surface area contributed by atoms with Crippen molar-refractivity contribution in [3.05, 3.63) is 40.3 Å². The van der Waals surface area contributed by atoms with Crippen molar-refractivity contribution in [2.45, 2.75) is 24.9 Å². The molecule has 23 heavy (non-hydrogen) atoms. The molecule has 1 aliphatic heterocycles. The van der Waals surface area contributed by atoms with Gasteiger partial charge in [-0.1, -0.05) is 6.07 Å². The van der Waals surface area contributed by atoms with E-state index in [9.17, 15) is 0 Å². The number of ether oxygens (including phenoxy) is 1. The highest BCUT2D eigenvalue weighted by molar-refractivity contribution is 7.10. The number of nitrogens with zero attached hydrogens (tertiary/aromatic N) is 5. The number of anilines is 1. The number of morpholine rings is 1. The molecule has 1 unspecified atom stereocenters. The summed E-state index contributed by atoms with van der Waals surface area (Å²) in [6.45, 7) is 2.42. The molecule has 2 fully saturated rings. The van der Waals surface area contributed by atoms with Gasteiger partial charge in [0.05, 0.1) is 13.2 Å². The van der Waals surface area contributed by atoms with Gasteiger partial charge in [0.15, 0.2) is 11.5 Å².